The van der Waals surface area contributed by atoms with Crippen molar-refractivity contribution >= 4 is 15.9 Å². The maximum absolute atomic E-state index is 12.7. The highest BCUT2D eigenvalue weighted by molar-refractivity contribution is 7.89. The molecule has 158 valence electrons. The van der Waals surface area contributed by atoms with E-state index in [2.05, 4.69) is 5.32 Å². The quantitative estimate of drug-likeness (QED) is 0.668. The van der Waals surface area contributed by atoms with Gasteiger partial charge in [-0.15, -0.1) is 0 Å². The summed E-state index contributed by atoms with van der Waals surface area (Å²) in [6.07, 6.45) is -4.68. The lowest BCUT2D eigenvalue weighted by molar-refractivity contribution is -0.137. The average Bonchev–Trinajstić information content (AvgIpc) is 2.70. The van der Waals surface area contributed by atoms with Crippen LogP contribution in [0.4, 0.5) is 13.2 Å². The van der Waals surface area contributed by atoms with Gasteiger partial charge in [-0.05, 0) is 30.3 Å². The van der Waals surface area contributed by atoms with Crippen LogP contribution in [0, 0.1) is 0 Å². The predicted octanol–water partition coefficient (Wildman–Crippen LogP) is 2.32. The fraction of sp³-hybridized carbons (Fsp3) is 0.278. The lowest BCUT2D eigenvalue weighted by Crippen LogP contribution is -2.36. The van der Waals surface area contributed by atoms with E-state index in [1.54, 1.807) is 18.2 Å². The number of carbonyl (C=O) groups is 1. The lowest BCUT2D eigenvalue weighted by atomic mass is 10.2. The molecule has 2 N–H and O–H groups in total. The summed E-state index contributed by atoms with van der Waals surface area (Å²) < 4.78 is 74.8. The van der Waals surface area contributed by atoms with E-state index in [4.69, 9.17) is 9.47 Å². The topological polar surface area (TPSA) is 93.7 Å². The summed E-state index contributed by atoms with van der Waals surface area (Å²) in [6.45, 7) is -0.589. The summed E-state index contributed by atoms with van der Waals surface area (Å²) in [7, 11) is -1.35. The summed E-state index contributed by atoms with van der Waals surface area (Å²) in [5, 5.41) is 2.50. The molecule has 0 saturated carbocycles. The Hall–Kier alpha value is -2.79. The van der Waals surface area contributed by atoms with Crippen molar-refractivity contribution in [2.45, 2.75) is 17.6 Å². The lowest BCUT2D eigenvalue weighted by Gasteiger charge is -2.12. The number of sulfonamides is 1. The van der Waals surface area contributed by atoms with E-state index >= 15 is 0 Å². The first-order valence-electron chi connectivity index (χ1n) is 8.21. The number of carbonyl (C=O) groups excluding carboxylic acids is 1. The minimum Gasteiger partial charge on any atom is -0.497 e. The molecule has 1 amide bonds. The van der Waals surface area contributed by atoms with Crippen LogP contribution in [0.1, 0.15) is 11.1 Å². The Kier molecular flexibility index (Phi) is 7.09. The molecule has 0 atom stereocenters. The van der Waals surface area contributed by atoms with Gasteiger partial charge in [-0.1, -0.05) is 6.07 Å². The minimum atomic E-state index is -4.68. The van der Waals surface area contributed by atoms with Gasteiger partial charge in [-0.3, -0.25) is 4.79 Å². The van der Waals surface area contributed by atoms with Crippen molar-refractivity contribution in [1.29, 1.82) is 0 Å². The number of halogens is 3. The first-order valence-corrected chi connectivity index (χ1v) is 9.69. The predicted molar refractivity (Wildman–Crippen MR) is 98.0 cm³/mol. The number of amides is 1. The Morgan fingerprint density at radius 2 is 1.79 bits per heavy atom. The molecule has 0 aliphatic heterocycles. The van der Waals surface area contributed by atoms with Gasteiger partial charge in [0.1, 0.15) is 11.5 Å². The van der Waals surface area contributed by atoms with E-state index in [1.165, 1.54) is 14.2 Å². The van der Waals surface area contributed by atoms with Crippen molar-refractivity contribution in [2.24, 2.45) is 0 Å². The molecule has 0 aliphatic carbocycles. The van der Waals surface area contributed by atoms with Crippen molar-refractivity contribution in [3.8, 4) is 11.5 Å². The molecule has 29 heavy (non-hydrogen) atoms. The zero-order chi connectivity index (χ0) is 21.7. The Balaban J connectivity index is 1.98. The SMILES string of the molecule is COc1ccc(CNC(=O)CNS(=O)(=O)c2cccc(C(F)(F)F)c2)c(OC)c1. The van der Waals surface area contributed by atoms with Crippen LogP contribution in [-0.4, -0.2) is 35.1 Å². The third kappa shape index (κ3) is 6.09. The van der Waals surface area contributed by atoms with Crippen molar-refractivity contribution in [2.75, 3.05) is 20.8 Å². The number of nitrogens with one attached hydrogen (secondary N) is 2. The van der Waals surface area contributed by atoms with Crippen LogP contribution < -0.4 is 19.5 Å². The molecule has 0 fully saturated rings. The molecule has 0 unspecified atom stereocenters. The average molecular weight is 432 g/mol. The third-order valence-corrected chi connectivity index (χ3v) is 5.26. The molecule has 7 nitrogen and oxygen atoms in total. The van der Waals surface area contributed by atoms with E-state index in [1.807, 2.05) is 4.72 Å². The summed E-state index contributed by atoms with van der Waals surface area (Å²) in [6, 6.07) is 8.21. The zero-order valence-corrected chi connectivity index (χ0v) is 16.4. The van der Waals surface area contributed by atoms with Gasteiger partial charge < -0.3 is 14.8 Å². The fourth-order valence-electron chi connectivity index (χ4n) is 2.34. The number of alkyl halides is 3. The standard InChI is InChI=1S/C18H19F3N2O5S/c1-27-14-7-6-12(16(9-14)28-2)10-22-17(24)11-23-29(25,26)15-5-3-4-13(8-15)18(19,20)21/h3-9,23H,10-11H2,1-2H3,(H,22,24). The summed E-state index contributed by atoms with van der Waals surface area (Å²) >= 11 is 0. The largest absolute Gasteiger partial charge is 0.497 e. The van der Waals surface area contributed by atoms with E-state index in [0.29, 0.717) is 23.1 Å². The molecular weight excluding hydrogens is 413 g/mol. The Morgan fingerprint density at radius 1 is 1.07 bits per heavy atom. The van der Waals surface area contributed by atoms with Crippen molar-refractivity contribution in [3.05, 3.63) is 53.6 Å². The molecule has 0 heterocycles. The number of hydrogen-bond donors (Lipinski definition) is 2. The van der Waals surface area contributed by atoms with Gasteiger partial charge in [0, 0.05) is 18.2 Å². The minimum absolute atomic E-state index is 0.0529. The maximum atomic E-state index is 12.7. The van der Waals surface area contributed by atoms with E-state index < -0.39 is 39.1 Å². The highest BCUT2D eigenvalue weighted by atomic mass is 32.2. The number of rotatable bonds is 8. The Morgan fingerprint density at radius 3 is 2.41 bits per heavy atom. The summed E-state index contributed by atoms with van der Waals surface area (Å²) in [4.78, 5) is 11.4. The molecule has 2 aromatic rings. The normalized spacial score (nSPS) is 11.8. The highest BCUT2D eigenvalue weighted by Gasteiger charge is 2.31. The zero-order valence-electron chi connectivity index (χ0n) is 15.5. The van der Waals surface area contributed by atoms with Crippen LogP contribution in [0.2, 0.25) is 0 Å². The Labute approximate surface area is 165 Å². The van der Waals surface area contributed by atoms with E-state index in [0.717, 1.165) is 18.2 Å². The van der Waals surface area contributed by atoms with Gasteiger partial charge in [0.25, 0.3) is 0 Å². The van der Waals surface area contributed by atoms with Crippen molar-refractivity contribution in [3.63, 3.8) is 0 Å². The number of methoxy groups -OCH3 is 2. The molecule has 0 spiro atoms. The summed E-state index contributed by atoms with van der Waals surface area (Å²) in [5.41, 5.74) is -0.473. The molecule has 0 radical (unpaired) electrons. The van der Waals surface area contributed by atoms with Crippen LogP contribution >= 0.6 is 0 Å². The molecule has 0 saturated heterocycles. The molecule has 0 aliphatic rings. The Bertz CT molecular complexity index is 978. The summed E-state index contributed by atoms with van der Waals surface area (Å²) in [5.74, 6) is 0.360. The second kappa shape index (κ2) is 9.14. The van der Waals surface area contributed by atoms with Gasteiger partial charge in [0.2, 0.25) is 15.9 Å². The van der Waals surface area contributed by atoms with Gasteiger partial charge in [0.05, 0.1) is 31.2 Å². The van der Waals surface area contributed by atoms with Crippen LogP contribution in [0.15, 0.2) is 47.4 Å². The fourth-order valence-corrected chi connectivity index (χ4v) is 3.37. The van der Waals surface area contributed by atoms with Gasteiger partial charge in [-0.2, -0.15) is 13.2 Å². The molecule has 0 bridgehead atoms. The molecule has 0 aromatic heterocycles. The third-order valence-electron chi connectivity index (χ3n) is 3.86. The second-order valence-electron chi connectivity index (χ2n) is 5.80. The van der Waals surface area contributed by atoms with Gasteiger partial charge in [0.15, 0.2) is 0 Å². The van der Waals surface area contributed by atoms with Crippen molar-refractivity contribution < 1.29 is 35.9 Å². The highest BCUT2D eigenvalue weighted by Crippen LogP contribution is 2.30. The molecule has 2 aromatic carbocycles. The van der Waals surface area contributed by atoms with Crippen LogP contribution in [0.3, 0.4) is 0 Å². The van der Waals surface area contributed by atoms with Gasteiger partial charge in [-0.25, -0.2) is 13.1 Å². The number of hydrogen-bond acceptors (Lipinski definition) is 5. The maximum Gasteiger partial charge on any atom is 0.416 e. The van der Waals surface area contributed by atoms with Crippen molar-refractivity contribution in [1.82, 2.24) is 10.0 Å². The first-order chi connectivity index (χ1) is 13.6. The molecule has 11 heteroatoms. The van der Waals surface area contributed by atoms with Crippen LogP contribution in [0.25, 0.3) is 0 Å². The smallest absolute Gasteiger partial charge is 0.416 e. The van der Waals surface area contributed by atoms with E-state index in [-0.39, 0.29) is 6.54 Å². The van der Waals surface area contributed by atoms with E-state index in [9.17, 15) is 26.4 Å². The second-order valence-corrected chi connectivity index (χ2v) is 7.57. The molecule has 2 rings (SSSR count). The van der Waals surface area contributed by atoms with Crippen LogP contribution in [0.5, 0.6) is 11.5 Å². The number of benzene rings is 2. The van der Waals surface area contributed by atoms with Gasteiger partial charge >= 0.3 is 6.18 Å². The molecular formula is C18H19F3N2O5S. The number of ether oxygens (including phenoxy) is 2. The first kappa shape index (κ1) is 22.5. The monoisotopic (exact) mass is 432 g/mol. The van der Waals surface area contributed by atoms with Crippen LogP contribution in [-0.2, 0) is 27.5 Å².